The standard InChI is InChI=1S/C23H21N3O4S/c27-21-13-29-20-9-8-15(18-14-31-23(25-18)17-7-3-4-10-24-17)11-19(20)26(21)12-22(28)30-16-5-1-2-6-16/h3-4,7-11,14,16H,1-2,5-6,12-13H2. The van der Waals surface area contributed by atoms with Crippen molar-refractivity contribution in [3.8, 4) is 27.7 Å². The van der Waals surface area contributed by atoms with E-state index in [0.29, 0.717) is 11.4 Å². The third kappa shape index (κ3) is 4.16. The van der Waals surface area contributed by atoms with E-state index in [2.05, 4.69) is 4.98 Å². The number of benzene rings is 1. The lowest BCUT2D eigenvalue weighted by atomic mass is 10.1. The van der Waals surface area contributed by atoms with Crippen LogP contribution in [0, 0.1) is 0 Å². The molecule has 0 bridgehead atoms. The van der Waals surface area contributed by atoms with Crippen LogP contribution in [-0.4, -0.2) is 41.1 Å². The van der Waals surface area contributed by atoms with Crippen LogP contribution in [0.3, 0.4) is 0 Å². The van der Waals surface area contributed by atoms with Crippen LogP contribution in [0.15, 0.2) is 48.0 Å². The lowest BCUT2D eigenvalue weighted by Crippen LogP contribution is -2.43. The number of aromatic nitrogens is 2. The molecule has 1 saturated carbocycles. The lowest BCUT2D eigenvalue weighted by Gasteiger charge is -2.29. The van der Waals surface area contributed by atoms with Crippen molar-refractivity contribution in [3.63, 3.8) is 0 Å². The molecule has 7 nitrogen and oxygen atoms in total. The summed E-state index contributed by atoms with van der Waals surface area (Å²) in [6.45, 7) is -0.213. The van der Waals surface area contributed by atoms with Gasteiger partial charge in [-0.15, -0.1) is 11.3 Å². The summed E-state index contributed by atoms with van der Waals surface area (Å²) in [5.74, 6) is -0.0812. The Bertz CT molecular complexity index is 1110. The van der Waals surface area contributed by atoms with E-state index in [1.54, 1.807) is 6.20 Å². The Labute approximate surface area is 183 Å². The first kappa shape index (κ1) is 19.7. The van der Waals surface area contributed by atoms with Crippen molar-refractivity contribution < 1.29 is 19.1 Å². The molecule has 1 amide bonds. The van der Waals surface area contributed by atoms with E-state index in [4.69, 9.17) is 14.5 Å². The quantitative estimate of drug-likeness (QED) is 0.562. The molecule has 2 aromatic heterocycles. The maximum Gasteiger partial charge on any atom is 0.326 e. The van der Waals surface area contributed by atoms with Gasteiger partial charge in [-0.2, -0.15) is 0 Å². The first-order valence-corrected chi connectivity index (χ1v) is 11.2. The van der Waals surface area contributed by atoms with Gasteiger partial charge in [-0.05, 0) is 56.0 Å². The second kappa shape index (κ2) is 8.47. The van der Waals surface area contributed by atoms with Crippen LogP contribution < -0.4 is 9.64 Å². The van der Waals surface area contributed by atoms with Gasteiger partial charge in [-0.3, -0.25) is 19.5 Å². The molecule has 3 aromatic rings. The highest BCUT2D eigenvalue weighted by Gasteiger charge is 2.30. The zero-order valence-electron chi connectivity index (χ0n) is 16.8. The molecule has 3 heterocycles. The molecule has 0 radical (unpaired) electrons. The molecule has 0 unspecified atom stereocenters. The van der Waals surface area contributed by atoms with Gasteiger partial charge in [0, 0.05) is 17.1 Å². The maximum absolute atomic E-state index is 12.5. The monoisotopic (exact) mass is 435 g/mol. The highest BCUT2D eigenvalue weighted by atomic mass is 32.1. The highest BCUT2D eigenvalue weighted by Crippen LogP contribution is 2.37. The minimum absolute atomic E-state index is 0.0329. The largest absolute Gasteiger partial charge is 0.482 e. The van der Waals surface area contributed by atoms with Crippen LogP contribution in [0.2, 0.25) is 0 Å². The molecule has 1 aliphatic carbocycles. The number of esters is 1. The van der Waals surface area contributed by atoms with Crippen LogP contribution in [0.4, 0.5) is 5.69 Å². The second-order valence-electron chi connectivity index (χ2n) is 7.60. The van der Waals surface area contributed by atoms with Crippen molar-refractivity contribution in [2.24, 2.45) is 0 Å². The molecule has 0 saturated heterocycles. The second-order valence-corrected chi connectivity index (χ2v) is 8.46. The van der Waals surface area contributed by atoms with E-state index < -0.39 is 0 Å². The number of fused-ring (bicyclic) bond motifs is 1. The number of nitrogens with zero attached hydrogens (tertiary/aromatic N) is 3. The van der Waals surface area contributed by atoms with Gasteiger partial charge in [0.1, 0.15) is 23.4 Å². The number of thiazole rings is 1. The molecule has 31 heavy (non-hydrogen) atoms. The third-order valence-electron chi connectivity index (χ3n) is 5.47. The molecular weight excluding hydrogens is 414 g/mol. The summed E-state index contributed by atoms with van der Waals surface area (Å²) < 4.78 is 11.1. The molecule has 1 aliphatic heterocycles. The third-order valence-corrected chi connectivity index (χ3v) is 6.34. The summed E-state index contributed by atoms with van der Waals surface area (Å²) in [6, 6.07) is 11.3. The first-order chi connectivity index (χ1) is 15.2. The van der Waals surface area contributed by atoms with Crippen molar-refractivity contribution in [1.29, 1.82) is 0 Å². The van der Waals surface area contributed by atoms with Gasteiger partial charge in [0.05, 0.1) is 17.1 Å². The van der Waals surface area contributed by atoms with Gasteiger partial charge < -0.3 is 9.47 Å². The van der Waals surface area contributed by atoms with Crippen LogP contribution in [0.1, 0.15) is 25.7 Å². The zero-order chi connectivity index (χ0) is 21.2. The summed E-state index contributed by atoms with van der Waals surface area (Å²) in [5, 5.41) is 2.77. The Morgan fingerprint density at radius 3 is 2.87 bits per heavy atom. The molecule has 8 heteroatoms. The predicted molar refractivity (Wildman–Crippen MR) is 117 cm³/mol. The summed E-state index contributed by atoms with van der Waals surface area (Å²) in [7, 11) is 0. The van der Waals surface area contributed by atoms with E-state index in [0.717, 1.165) is 47.6 Å². The number of pyridine rings is 1. The number of rotatable bonds is 5. The van der Waals surface area contributed by atoms with Gasteiger partial charge in [0.15, 0.2) is 6.61 Å². The topological polar surface area (TPSA) is 81.6 Å². The van der Waals surface area contributed by atoms with E-state index in [9.17, 15) is 9.59 Å². The molecule has 158 valence electrons. The van der Waals surface area contributed by atoms with Crippen molar-refractivity contribution >= 4 is 28.9 Å². The molecule has 0 N–H and O–H groups in total. The van der Waals surface area contributed by atoms with Gasteiger partial charge in [-0.1, -0.05) is 6.07 Å². The Morgan fingerprint density at radius 1 is 1.19 bits per heavy atom. The number of hydrogen-bond donors (Lipinski definition) is 0. The van der Waals surface area contributed by atoms with Crippen molar-refractivity contribution in [2.75, 3.05) is 18.1 Å². The molecule has 0 spiro atoms. The number of hydrogen-bond acceptors (Lipinski definition) is 7. The summed E-state index contributed by atoms with van der Waals surface area (Å²) in [5.41, 5.74) is 2.99. The smallest absolute Gasteiger partial charge is 0.326 e. The Kier molecular flexibility index (Phi) is 5.38. The van der Waals surface area contributed by atoms with Crippen LogP contribution >= 0.6 is 11.3 Å². The van der Waals surface area contributed by atoms with Crippen LogP contribution in [0.5, 0.6) is 5.75 Å². The molecule has 1 aromatic carbocycles. The fraction of sp³-hybridized carbons (Fsp3) is 0.304. The molecular formula is C23H21N3O4S. The average molecular weight is 436 g/mol. The van der Waals surface area contributed by atoms with Crippen molar-refractivity contribution in [2.45, 2.75) is 31.8 Å². The van der Waals surface area contributed by atoms with E-state index in [1.807, 2.05) is 41.8 Å². The highest BCUT2D eigenvalue weighted by molar-refractivity contribution is 7.13. The zero-order valence-corrected chi connectivity index (χ0v) is 17.6. The molecule has 5 rings (SSSR count). The van der Waals surface area contributed by atoms with Gasteiger partial charge in [0.2, 0.25) is 0 Å². The van der Waals surface area contributed by atoms with Gasteiger partial charge in [-0.25, -0.2) is 4.98 Å². The first-order valence-electron chi connectivity index (χ1n) is 10.3. The van der Waals surface area contributed by atoms with Crippen molar-refractivity contribution in [3.05, 3.63) is 48.0 Å². The van der Waals surface area contributed by atoms with Crippen molar-refractivity contribution in [1.82, 2.24) is 9.97 Å². The van der Waals surface area contributed by atoms with Crippen LogP contribution in [0.25, 0.3) is 22.0 Å². The number of carbonyl (C=O) groups is 2. The molecule has 1 fully saturated rings. The number of ether oxygens (including phenoxy) is 2. The fourth-order valence-corrected chi connectivity index (χ4v) is 4.71. The summed E-state index contributed by atoms with van der Waals surface area (Å²) >= 11 is 1.51. The number of amides is 1. The Balaban J connectivity index is 1.40. The van der Waals surface area contributed by atoms with Crippen LogP contribution in [-0.2, 0) is 14.3 Å². The minimum atomic E-state index is -0.385. The van der Waals surface area contributed by atoms with E-state index in [-0.39, 0.29) is 31.1 Å². The Hall–Kier alpha value is -3.26. The van der Waals surface area contributed by atoms with Gasteiger partial charge in [0.25, 0.3) is 5.91 Å². The number of carbonyl (C=O) groups excluding carboxylic acids is 2. The SMILES string of the molecule is O=C(CN1C(=O)COc2ccc(-c3csc(-c4ccccn4)n3)cc21)OC1CCCC1. The normalized spacial score (nSPS) is 16.1. The predicted octanol–water partition coefficient (Wildman–Crippen LogP) is 4.08. The van der Waals surface area contributed by atoms with E-state index >= 15 is 0 Å². The average Bonchev–Trinajstić information content (AvgIpc) is 3.48. The Morgan fingerprint density at radius 2 is 2.06 bits per heavy atom. The molecule has 0 atom stereocenters. The maximum atomic E-state index is 12.5. The number of anilines is 1. The van der Waals surface area contributed by atoms with E-state index in [1.165, 1.54) is 16.2 Å². The minimum Gasteiger partial charge on any atom is -0.482 e. The molecule has 2 aliphatic rings. The fourth-order valence-electron chi connectivity index (χ4n) is 3.91. The van der Waals surface area contributed by atoms with Gasteiger partial charge >= 0.3 is 5.97 Å². The summed E-state index contributed by atoms with van der Waals surface area (Å²) in [4.78, 5) is 35.5. The summed E-state index contributed by atoms with van der Waals surface area (Å²) in [6.07, 6.45) is 5.65. The lowest BCUT2D eigenvalue weighted by molar-refractivity contribution is -0.147.